The van der Waals surface area contributed by atoms with Crippen molar-refractivity contribution in [3.05, 3.63) is 57.0 Å². The number of nitrogens with zero attached hydrogens (tertiary/aromatic N) is 3. The molecule has 0 saturated heterocycles. The molecule has 0 aliphatic carbocycles. The van der Waals surface area contributed by atoms with Crippen molar-refractivity contribution in [3.63, 3.8) is 0 Å². The first-order chi connectivity index (χ1) is 12.4. The predicted molar refractivity (Wildman–Crippen MR) is 108 cm³/mol. The Labute approximate surface area is 165 Å². The van der Waals surface area contributed by atoms with Crippen molar-refractivity contribution < 1.29 is 4.79 Å². The highest BCUT2D eigenvalue weighted by Crippen LogP contribution is 2.25. The number of carbonyl (C=O) groups is 1. The molecular weight excluding hydrogens is 388 g/mol. The summed E-state index contributed by atoms with van der Waals surface area (Å²) in [6.45, 7) is 3.79. The zero-order chi connectivity index (χ0) is 18.7. The third-order valence-electron chi connectivity index (χ3n) is 3.95. The zero-order valence-electron chi connectivity index (χ0n) is 14.7. The summed E-state index contributed by atoms with van der Waals surface area (Å²) in [7, 11) is 1.93. The Morgan fingerprint density at radius 2 is 2.19 bits per heavy atom. The van der Waals surface area contributed by atoms with E-state index in [0.29, 0.717) is 5.02 Å². The Kier molecular flexibility index (Phi) is 6.01. The van der Waals surface area contributed by atoms with Crippen LogP contribution in [0.5, 0.6) is 0 Å². The van der Waals surface area contributed by atoms with Gasteiger partial charge in [0.15, 0.2) is 5.16 Å². The first-order valence-corrected chi connectivity index (χ1v) is 10.2. The maximum absolute atomic E-state index is 12.5. The molecule has 1 atom stereocenters. The molecular formula is C18H19ClN4OS2. The number of thioether (sulfide) groups is 1. The molecule has 0 unspecified atom stereocenters. The average Bonchev–Trinajstić information content (AvgIpc) is 3.23. The summed E-state index contributed by atoms with van der Waals surface area (Å²) < 4.78 is 1.94. The number of amides is 1. The highest BCUT2D eigenvalue weighted by molar-refractivity contribution is 8.00. The van der Waals surface area contributed by atoms with Crippen LogP contribution < -0.4 is 5.32 Å². The van der Waals surface area contributed by atoms with Crippen LogP contribution in [0.3, 0.4) is 0 Å². The van der Waals surface area contributed by atoms with Crippen LogP contribution in [0.2, 0.25) is 5.02 Å². The molecule has 5 nitrogen and oxygen atoms in total. The number of benzene rings is 1. The molecule has 0 bridgehead atoms. The van der Waals surface area contributed by atoms with Gasteiger partial charge in [-0.05, 0) is 43.0 Å². The van der Waals surface area contributed by atoms with E-state index in [-0.39, 0.29) is 11.2 Å². The van der Waals surface area contributed by atoms with E-state index in [4.69, 9.17) is 11.6 Å². The average molecular weight is 407 g/mol. The number of rotatable bonds is 6. The summed E-state index contributed by atoms with van der Waals surface area (Å²) in [6.07, 6.45) is 0.740. The van der Waals surface area contributed by atoms with E-state index < -0.39 is 0 Å². The molecule has 0 radical (unpaired) electrons. The fourth-order valence-corrected chi connectivity index (χ4v) is 4.05. The molecule has 0 aliphatic rings. The minimum Gasteiger partial charge on any atom is -0.325 e. The summed E-state index contributed by atoms with van der Waals surface area (Å²) in [5.74, 6) is 0.788. The second-order valence-corrected chi connectivity index (χ2v) is 8.70. The summed E-state index contributed by atoms with van der Waals surface area (Å²) in [5.41, 5.74) is 1.70. The highest BCUT2D eigenvalue weighted by Gasteiger charge is 2.19. The lowest BCUT2D eigenvalue weighted by atomic mass is 10.2. The number of hydrogen-bond donors (Lipinski definition) is 1. The Hall–Kier alpha value is -1.83. The van der Waals surface area contributed by atoms with Gasteiger partial charge in [-0.1, -0.05) is 35.5 Å². The van der Waals surface area contributed by atoms with Crippen molar-refractivity contribution in [1.29, 1.82) is 0 Å². The summed E-state index contributed by atoms with van der Waals surface area (Å²) >= 11 is 9.10. The predicted octanol–water partition coefficient (Wildman–Crippen LogP) is 4.55. The lowest BCUT2D eigenvalue weighted by Gasteiger charge is -2.13. The van der Waals surface area contributed by atoms with Crippen molar-refractivity contribution in [1.82, 2.24) is 14.8 Å². The number of anilines is 1. The summed E-state index contributed by atoms with van der Waals surface area (Å²) in [6, 6.07) is 9.55. The second kappa shape index (κ2) is 8.24. The Balaban J connectivity index is 1.65. The molecule has 0 aliphatic heterocycles. The Morgan fingerprint density at radius 3 is 2.92 bits per heavy atom. The maximum atomic E-state index is 12.5. The Morgan fingerprint density at radius 1 is 1.38 bits per heavy atom. The van der Waals surface area contributed by atoms with Gasteiger partial charge in [0, 0.05) is 29.1 Å². The van der Waals surface area contributed by atoms with Crippen LogP contribution in [0.15, 0.2) is 40.9 Å². The normalized spacial score (nSPS) is 12.2. The fourth-order valence-electron chi connectivity index (χ4n) is 2.35. The number of aromatic nitrogens is 3. The summed E-state index contributed by atoms with van der Waals surface area (Å²) in [5, 5.41) is 14.5. The fraction of sp³-hybridized carbons (Fsp3) is 0.278. The van der Waals surface area contributed by atoms with Crippen molar-refractivity contribution >= 4 is 46.3 Å². The number of hydrogen-bond acceptors (Lipinski definition) is 5. The molecule has 26 heavy (non-hydrogen) atoms. The van der Waals surface area contributed by atoms with Gasteiger partial charge in [0.25, 0.3) is 0 Å². The third kappa shape index (κ3) is 4.47. The third-order valence-corrected chi connectivity index (χ3v) is 6.19. The monoisotopic (exact) mass is 406 g/mol. The highest BCUT2D eigenvalue weighted by atomic mass is 35.5. The van der Waals surface area contributed by atoms with Gasteiger partial charge >= 0.3 is 0 Å². The molecule has 1 aromatic carbocycles. The minimum absolute atomic E-state index is 0.0943. The van der Waals surface area contributed by atoms with Crippen molar-refractivity contribution in [2.45, 2.75) is 30.7 Å². The van der Waals surface area contributed by atoms with E-state index in [1.807, 2.05) is 43.0 Å². The molecule has 3 rings (SSSR count). The van der Waals surface area contributed by atoms with Crippen LogP contribution >= 0.6 is 34.7 Å². The quantitative estimate of drug-likeness (QED) is 0.610. The van der Waals surface area contributed by atoms with E-state index in [2.05, 4.69) is 21.6 Å². The summed E-state index contributed by atoms with van der Waals surface area (Å²) in [4.78, 5) is 13.8. The number of carbonyl (C=O) groups excluding carboxylic acids is 1. The molecule has 136 valence electrons. The first kappa shape index (κ1) is 18.9. The molecule has 2 heterocycles. The molecule has 1 amide bonds. The van der Waals surface area contributed by atoms with Crippen molar-refractivity contribution in [3.8, 4) is 0 Å². The number of halogens is 1. The van der Waals surface area contributed by atoms with E-state index in [0.717, 1.165) is 28.7 Å². The SMILES string of the molecule is Cc1ccc(Cl)cc1NC(=O)[C@H](C)Sc1nnc(Cc2cccs2)n1C. The number of nitrogens with one attached hydrogen (secondary N) is 1. The largest absolute Gasteiger partial charge is 0.325 e. The maximum Gasteiger partial charge on any atom is 0.237 e. The second-order valence-electron chi connectivity index (χ2n) is 5.92. The van der Waals surface area contributed by atoms with Gasteiger partial charge in [0.1, 0.15) is 5.82 Å². The van der Waals surface area contributed by atoms with Gasteiger partial charge in [0.05, 0.1) is 5.25 Å². The van der Waals surface area contributed by atoms with Crippen LogP contribution in [-0.4, -0.2) is 25.9 Å². The van der Waals surface area contributed by atoms with E-state index in [1.165, 1.54) is 16.6 Å². The smallest absolute Gasteiger partial charge is 0.237 e. The van der Waals surface area contributed by atoms with Crippen LogP contribution in [0.1, 0.15) is 23.2 Å². The Bertz CT molecular complexity index is 908. The van der Waals surface area contributed by atoms with Crippen LogP contribution in [0.25, 0.3) is 0 Å². The van der Waals surface area contributed by atoms with E-state index >= 15 is 0 Å². The van der Waals surface area contributed by atoms with Crippen LogP contribution in [-0.2, 0) is 18.3 Å². The first-order valence-electron chi connectivity index (χ1n) is 8.08. The van der Waals surface area contributed by atoms with Gasteiger partial charge in [-0.25, -0.2) is 0 Å². The van der Waals surface area contributed by atoms with Crippen LogP contribution in [0, 0.1) is 6.92 Å². The van der Waals surface area contributed by atoms with Gasteiger partial charge in [-0.2, -0.15) is 0 Å². The molecule has 8 heteroatoms. The molecule has 0 fully saturated rings. The molecule has 0 saturated carbocycles. The zero-order valence-corrected chi connectivity index (χ0v) is 17.1. The standard InChI is InChI=1S/C18H19ClN4OS2/c1-11-6-7-13(19)9-15(11)20-17(24)12(2)26-18-22-21-16(23(18)3)10-14-5-4-8-25-14/h4-9,12H,10H2,1-3H3,(H,20,24)/t12-/m0/s1. The lowest BCUT2D eigenvalue weighted by Crippen LogP contribution is -2.23. The molecule has 3 aromatic rings. The van der Waals surface area contributed by atoms with E-state index in [9.17, 15) is 4.79 Å². The van der Waals surface area contributed by atoms with Crippen molar-refractivity contribution in [2.75, 3.05) is 5.32 Å². The van der Waals surface area contributed by atoms with Crippen molar-refractivity contribution in [2.24, 2.45) is 7.05 Å². The van der Waals surface area contributed by atoms with Crippen LogP contribution in [0.4, 0.5) is 5.69 Å². The topological polar surface area (TPSA) is 59.8 Å². The molecule has 2 aromatic heterocycles. The van der Waals surface area contributed by atoms with E-state index in [1.54, 1.807) is 23.5 Å². The lowest BCUT2D eigenvalue weighted by molar-refractivity contribution is -0.115. The van der Waals surface area contributed by atoms with Gasteiger partial charge < -0.3 is 9.88 Å². The number of thiophene rings is 1. The minimum atomic E-state index is -0.314. The number of aryl methyl sites for hydroxylation is 1. The molecule has 1 N–H and O–H groups in total. The van der Waals surface area contributed by atoms with Gasteiger partial charge in [0.2, 0.25) is 5.91 Å². The van der Waals surface area contributed by atoms with Gasteiger partial charge in [-0.3, -0.25) is 4.79 Å². The molecule has 0 spiro atoms. The van der Waals surface area contributed by atoms with Gasteiger partial charge in [-0.15, -0.1) is 21.5 Å².